The number of amides is 1. The van der Waals surface area contributed by atoms with Gasteiger partial charge in [-0.05, 0) is 18.6 Å². The highest BCUT2D eigenvalue weighted by Gasteiger charge is 2.08. The smallest absolute Gasteiger partial charge is 0.274 e. The molecular weight excluding hydrogens is 250 g/mol. The molecule has 0 aromatic carbocycles. The summed E-state index contributed by atoms with van der Waals surface area (Å²) in [5, 5.41) is 10.1. The van der Waals surface area contributed by atoms with Crippen molar-refractivity contribution < 1.29 is 4.79 Å². The third kappa shape index (κ3) is 3.24. The Kier molecular flexibility index (Phi) is 4.19. The van der Waals surface area contributed by atoms with Crippen molar-refractivity contribution in [3.8, 4) is 0 Å². The van der Waals surface area contributed by atoms with Gasteiger partial charge in [0.2, 0.25) is 0 Å². The molecular formula is C11H13N5OS. The number of hydrogen-bond acceptors (Lipinski definition) is 6. The number of pyridine rings is 1. The second kappa shape index (κ2) is 6.06. The zero-order valence-corrected chi connectivity index (χ0v) is 10.7. The van der Waals surface area contributed by atoms with Crippen molar-refractivity contribution in [2.75, 3.05) is 17.2 Å². The highest BCUT2D eigenvalue weighted by atomic mass is 32.1. The molecule has 94 valence electrons. The fraction of sp³-hybridized carbons (Fsp3) is 0.273. The van der Waals surface area contributed by atoms with Gasteiger partial charge in [0.25, 0.3) is 5.91 Å². The third-order valence-corrected chi connectivity index (χ3v) is 2.75. The number of anilines is 2. The normalized spacial score (nSPS) is 10.1. The molecule has 2 N–H and O–H groups in total. The zero-order valence-electron chi connectivity index (χ0n) is 9.88. The van der Waals surface area contributed by atoms with Crippen LogP contribution in [-0.4, -0.2) is 27.0 Å². The maximum absolute atomic E-state index is 11.8. The predicted molar refractivity (Wildman–Crippen MR) is 70.9 cm³/mol. The lowest BCUT2D eigenvalue weighted by Crippen LogP contribution is -2.13. The molecule has 2 heterocycles. The van der Waals surface area contributed by atoms with Crippen molar-refractivity contribution in [1.82, 2.24) is 14.6 Å². The molecule has 1 amide bonds. The summed E-state index contributed by atoms with van der Waals surface area (Å²) in [6.07, 6.45) is 4.19. The average Bonchev–Trinajstić information content (AvgIpc) is 2.89. The van der Waals surface area contributed by atoms with Gasteiger partial charge in [0, 0.05) is 18.1 Å². The fourth-order valence-corrected chi connectivity index (χ4v) is 1.72. The van der Waals surface area contributed by atoms with Gasteiger partial charge in [0.1, 0.15) is 10.7 Å². The molecule has 0 bridgehead atoms. The maximum atomic E-state index is 11.8. The Hall–Kier alpha value is -2.02. The number of rotatable bonds is 5. The van der Waals surface area contributed by atoms with Gasteiger partial charge in [-0.15, -0.1) is 5.10 Å². The van der Waals surface area contributed by atoms with Crippen LogP contribution in [0, 0.1) is 0 Å². The van der Waals surface area contributed by atoms with Crippen LogP contribution in [-0.2, 0) is 0 Å². The summed E-state index contributed by atoms with van der Waals surface area (Å²) in [4.78, 5) is 15.9. The van der Waals surface area contributed by atoms with Crippen LogP contribution in [0.2, 0.25) is 0 Å². The molecule has 2 rings (SSSR count). The van der Waals surface area contributed by atoms with E-state index in [4.69, 9.17) is 0 Å². The fourth-order valence-electron chi connectivity index (χ4n) is 1.30. The number of nitrogens with zero attached hydrogens (tertiary/aromatic N) is 3. The van der Waals surface area contributed by atoms with E-state index in [0.29, 0.717) is 10.7 Å². The van der Waals surface area contributed by atoms with Gasteiger partial charge in [-0.2, -0.15) is 0 Å². The van der Waals surface area contributed by atoms with Gasteiger partial charge >= 0.3 is 0 Å². The Morgan fingerprint density at radius 1 is 1.39 bits per heavy atom. The molecule has 18 heavy (non-hydrogen) atoms. The van der Waals surface area contributed by atoms with E-state index in [1.807, 2.05) is 6.07 Å². The van der Waals surface area contributed by atoms with Gasteiger partial charge in [0.05, 0.1) is 18.1 Å². The van der Waals surface area contributed by atoms with E-state index in [1.165, 1.54) is 6.20 Å². The summed E-state index contributed by atoms with van der Waals surface area (Å²) in [5.41, 5.74) is 1.28. The Balaban J connectivity index is 1.98. The molecule has 0 radical (unpaired) electrons. The van der Waals surface area contributed by atoms with Gasteiger partial charge in [-0.3, -0.25) is 4.79 Å². The second-order valence-corrected chi connectivity index (χ2v) is 4.38. The lowest BCUT2D eigenvalue weighted by atomic mass is 10.3. The summed E-state index contributed by atoms with van der Waals surface area (Å²) in [5.74, 6) is -0.261. The van der Waals surface area contributed by atoms with Crippen LogP contribution in [0.5, 0.6) is 0 Å². The zero-order chi connectivity index (χ0) is 12.8. The van der Waals surface area contributed by atoms with Crippen LogP contribution in [0.4, 0.5) is 10.7 Å². The largest absolute Gasteiger partial charge is 0.384 e. The minimum absolute atomic E-state index is 0.261. The number of nitrogens with one attached hydrogen (secondary N) is 2. The molecule has 2 aromatic rings. The van der Waals surface area contributed by atoms with E-state index < -0.39 is 0 Å². The lowest BCUT2D eigenvalue weighted by Gasteiger charge is -2.05. The molecule has 0 saturated carbocycles. The highest BCUT2D eigenvalue weighted by Crippen LogP contribution is 2.12. The first-order chi connectivity index (χ1) is 8.79. The van der Waals surface area contributed by atoms with Crippen molar-refractivity contribution >= 4 is 28.1 Å². The standard InChI is InChI=1S/C11H13N5OS/c1-2-5-12-8-3-4-9(13-6-8)11(17)15-10-7-14-16-18-10/h3-4,6-7,12H,2,5H2,1H3,(H,15,17). The van der Waals surface area contributed by atoms with E-state index in [2.05, 4.69) is 32.1 Å². The number of carbonyl (C=O) groups is 1. The van der Waals surface area contributed by atoms with Crippen molar-refractivity contribution in [2.24, 2.45) is 0 Å². The molecule has 0 spiro atoms. The lowest BCUT2D eigenvalue weighted by molar-refractivity contribution is 0.102. The van der Waals surface area contributed by atoms with Crippen LogP contribution < -0.4 is 10.6 Å². The summed E-state index contributed by atoms with van der Waals surface area (Å²) in [6.45, 7) is 2.98. The van der Waals surface area contributed by atoms with Crippen molar-refractivity contribution in [3.63, 3.8) is 0 Å². The monoisotopic (exact) mass is 263 g/mol. The Bertz CT molecular complexity index is 497. The molecule has 0 atom stereocenters. The van der Waals surface area contributed by atoms with E-state index >= 15 is 0 Å². The topological polar surface area (TPSA) is 79.8 Å². The summed E-state index contributed by atoms with van der Waals surface area (Å²) in [6, 6.07) is 3.52. The first-order valence-corrected chi connectivity index (χ1v) is 6.35. The molecule has 7 heteroatoms. The first-order valence-electron chi connectivity index (χ1n) is 5.58. The van der Waals surface area contributed by atoms with E-state index in [0.717, 1.165) is 30.2 Å². The van der Waals surface area contributed by atoms with Crippen molar-refractivity contribution in [1.29, 1.82) is 0 Å². The molecule has 0 aliphatic heterocycles. The van der Waals surface area contributed by atoms with E-state index in [9.17, 15) is 4.79 Å². The SMILES string of the molecule is CCCNc1ccc(C(=O)Nc2cnns2)nc1. The molecule has 0 unspecified atom stereocenters. The Morgan fingerprint density at radius 2 is 2.28 bits per heavy atom. The number of hydrogen-bond donors (Lipinski definition) is 2. The minimum atomic E-state index is -0.261. The molecule has 0 fully saturated rings. The van der Waals surface area contributed by atoms with Crippen LogP contribution >= 0.6 is 11.5 Å². The van der Waals surface area contributed by atoms with Gasteiger partial charge in [-0.25, -0.2) is 4.98 Å². The predicted octanol–water partition coefficient (Wildman–Crippen LogP) is 2.01. The summed E-state index contributed by atoms with van der Waals surface area (Å²) in [7, 11) is 0. The van der Waals surface area contributed by atoms with Crippen LogP contribution in [0.15, 0.2) is 24.5 Å². The minimum Gasteiger partial charge on any atom is -0.384 e. The molecule has 0 aliphatic rings. The van der Waals surface area contributed by atoms with Crippen molar-refractivity contribution in [2.45, 2.75) is 13.3 Å². The first kappa shape index (κ1) is 12.4. The molecule has 6 nitrogen and oxygen atoms in total. The van der Waals surface area contributed by atoms with E-state index in [1.54, 1.807) is 12.3 Å². The van der Waals surface area contributed by atoms with Crippen molar-refractivity contribution in [3.05, 3.63) is 30.2 Å². The molecule has 0 saturated heterocycles. The second-order valence-electron chi connectivity index (χ2n) is 3.59. The van der Waals surface area contributed by atoms with Gasteiger partial charge in [0.15, 0.2) is 0 Å². The van der Waals surface area contributed by atoms with Crippen LogP contribution in [0.25, 0.3) is 0 Å². The molecule has 0 aliphatic carbocycles. The van der Waals surface area contributed by atoms with Crippen LogP contribution in [0.1, 0.15) is 23.8 Å². The third-order valence-electron chi connectivity index (χ3n) is 2.17. The maximum Gasteiger partial charge on any atom is 0.274 e. The van der Waals surface area contributed by atoms with Crippen LogP contribution in [0.3, 0.4) is 0 Å². The number of carbonyl (C=O) groups excluding carboxylic acids is 1. The summed E-state index contributed by atoms with van der Waals surface area (Å²) >= 11 is 1.13. The average molecular weight is 263 g/mol. The molecule has 2 aromatic heterocycles. The Labute approximate surface area is 109 Å². The Morgan fingerprint density at radius 3 is 2.89 bits per heavy atom. The highest BCUT2D eigenvalue weighted by molar-refractivity contribution is 7.10. The van der Waals surface area contributed by atoms with Gasteiger partial charge in [-0.1, -0.05) is 11.4 Å². The quantitative estimate of drug-likeness (QED) is 0.862. The van der Waals surface area contributed by atoms with E-state index in [-0.39, 0.29) is 5.91 Å². The summed E-state index contributed by atoms with van der Waals surface area (Å²) < 4.78 is 3.66. The van der Waals surface area contributed by atoms with Gasteiger partial charge < -0.3 is 10.6 Å². The number of aromatic nitrogens is 3.